The predicted octanol–water partition coefficient (Wildman–Crippen LogP) is 8.49. The number of halogens is 1. The molecule has 0 aliphatic rings. The van der Waals surface area contributed by atoms with Gasteiger partial charge in [0.05, 0.1) is 51.2 Å². The molecule has 9 nitrogen and oxygen atoms in total. The van der Waals surface area contributed by atoms with Gasteiger partial charge in [0, 0.05) is 21.1 Å². The molecule has 0 atom stereocenters. The molecule has 0 aliphatic heterocycles. The van der Waals surface area contributed by atoms with Gasteiger partial charge in [0.25, 0.3) is 0 Å². The number of benzene rings is 3. The van der Waals surface area contributed by atoms with E-state index in [-0.39, 0.29) is 17.1 Å². The summed E-state index contributed by atoms with van der Waals surface area (Å²) in [5, 5.41) is 19.5. The zero-order chi connectivity index (χ0) is 32.6. The van der Waals surface area contributed by atoms with Crippen molar-refractivity contribution in [2.24, 2.45) is 0 Å². The largest absolute Gasteiger partial charge is 0.386 e. The third kappa shape index (κ3) is 6.62. The van der Waals surface area contributed by atoms with Crippen LogP contribution in [-0.2, 0) is 5.67 Å². The maximum atomic E-state index is 18.3. The number of anilines is 9. The molecule has 236 valence electrons. The van der Waals surface area contributed by atoms with Gasteiger partial charge in [-0.25, -0.2) is 19.3 Å². The quantitative estimate of drug-likeness (QED) is 0.0798. The predicted molar refractivity (Wildman–Crippen MR) is 192 cm³/mol. The molecule has 6 rings (SSSR count). The second-order valence-corrected chi connectivity index (χ2v) is 10.6. The highest BCUT2D eigenvalue weighted by Crippen LogP contribution is 2.40. The maximum Gasteiger partial charge on any atom is 0.236 e. The van der Waals surface area contributed by atoms with Crippen molar-refractivity contribution in [1.29, 1.82) is 0 Å². The van der Waals surface area contributed by atoms with Crippen molar-refractivity contribution in [2.75, 3.05) is 53.0 Å². The number of hydrogen-bond acceptors (Lipinski definition) is 9. The van der Waals surface area contributed by atoms with Crippen LogP contribution in [0.5, 0.6) is 0 Å². The number of rotatable bonds is 12. The summed E-state index contributed by atoms with van der Waals surface area (Å²) in [6, 6.07) is 39.0. The molecule has 0 bridgehead atoms. The summed E-state index contributed by atoms with van der Waals surface area (Å²) in [5.74, 6) is 1.42. The molecule has 0 amide bonds. The standard InChI is InChI=1S/C37H36FN9/c1-39-25-13-4-7-16-28(25)42-34-22-10-19-31(45-34)37(38,32-20-11-23-35(46-32)43-29-17-8-5-14-26(29)40-2)33-21-12-24-36(47-33)44-30-18-9-6-15-27(30)41-3/h4-24,39-41H,1-3H3,(H,42,45)(H,43,46)(H,44,47). The van der Waals surface area contributed by atoms with E-state index in [9.17, 15) is 0 Å². The molecule has 47 heavy (non-hydrogen) atoms. The average Bonchev–Trinajstić information content (AvgIpc) is 3.12. The summed E-state index contributed by atoms with van der Waals surface area (Å²) < 4.78 is 18.3. The lowest BCUT2D eigenvalue weighted by Crippen LogP contribution is -2.28. The molecule has 3 aromatic carbocycles. The van der Waals surface area contributed by atoms with Gasteiger partial charge in [-0.1, -0.05) is 54.6 Å². The molecular formula is C37H36FN9. The number of hydrogen-bond donors (Lipinski definition) is 6. The van der Waals surface area contributed by atoms with Crippen LogP contribution in [0.25, 0.3) is 0 Å². The highest BCUT2D eigenvalue weighted by Gasteiger charge is 2.42. The van der Waals surface area contributed by atoms with Crippen LogP contribution in [0.1, 0.15) is 17.1 Å². The van der Waals surface area contributed by atoms with E-state index in [2.05, 4.69) is 31.9 Å². The lowest BCUT2D eigenvalue weighted by Gasteiger charge is -2.26. The maximum absolute atomic E-state index is 18.3. The molecule has 0 unspecified atom stereocenters. The van der Waals surface area contributed by atoms with Crippen molar-refractivity contribution in [3.05, 3.63) is 144 Å². The van der Waals surface area contributed by atoms with Crippen molar-refractivity contribution in [2.45, 2.75) is 5.67 Å². The van der Waals surface area contributed by atoms with Crippen LogP contribution >= 0.6 is 0 Å². The highest BCUT2D eigenvalue weighted by atomic mass is 19.1. The van der Waals surface area contributed by atoms with E-state index in [1.807, 2.05) is 93.9 Å². The Morgan fingerprint density at radius 2 is 0.660 bits per heavy atom. The van der Waals surface area contributed by atoms with Crippen molar-refractivity contribution in [3.8, 4) is 0 Å². The Morgan fingerprint density at radius 3 is 0.936 bits per heavy atom. The first-order valence-corrected chi connectivity index (χ1v) is 15.2. The summed E-state index contributed by atoms with van der Waals surface area (Å²) in [7, 11) is 5.54. The van der Waals surface area contributed by atoms with Crippen LogP contribution in [0.15, 0.2) is 127 Å². The molecule has 0 saturated carbocycles. The summed E-state index contributed by atoms with van der Waals surface area (Å²) in [4.78, 5) is 14.4. The summed E-state index contributed by atoms with van der Waals surface area (Å²) in [5.41, 5.74) is 3.14. The van der Waals surface area contributed by atoms with E-state index < -0.39 is 5.67 Å². The number of nitrogens with zero attached hydrogens (tertiary/aromatic N) is 3. The Hall–Kier alpha value is -6.16. The van der Waals surface area contributed by atoms with Gasteiger partial charge in [-0.2, -0.15) is 0 Å². The SMILES string of the molecule is CNc1ccccc1Nc1cccc(C(F)(c2cccc(Nc3ccccc3NC)n2)c2cccc(Nc3ccccc3NC)n2)n1. The Kier molecular flexibility index (Phi) is 9.10. The topological polar surface area (TPSA) is 111 Å². The van der Waals surface area contributed by atoms with E-state index >= 15 is 4.39 Å². The summed E-state index contributed by atoms with van der Waals surface area (Å²) in [6.45, 7) is 0. The van der Waals surface area contributed by atoms with Gasteiger partial charge in [0.2, 0.25) is 5.67 Å². The number of para-hydroxylation sites is 6. The molecule has 3 heterocycles. The van der Waals surface area contributed by atoms with E-state index in [0.29, 0.717) is 17.5 Å². The number of nitrogens with one attached hydrogen (secondary N) is 6. The first-order valence-electron chi connectivity index (χ1n) is 15.2. The van der Waals surface area contributed by atoms with Crippen LogP contribution in [0.2, 0.25) is 0 Å². The molecule has 3 aromatic heterocycles. The third-order valence-corrected chi connectivity index (χ3v) is 7.68. The fourth-order valence-electron chi connectivity index (χ4n) is 5.33. The van der Waals surface area contributed by atoms with Crippen molar-refractivity contribution in [1.82, 2.24) is 15.0 Å². The molecule has 0 aliphatic carbocycles. The van der Waals surface area contributed by atoms with Gasteiger partial charge < -0.3 is 31.9 Å². The minimum absolute atomic E-state index is 0.130. The molecule has 6 N–H and O–H groups in total. The zero-order valence-electron chi connectivity index (χ0n) is 26.3. The minimum Gasteiger partial charge on any atom is -0.386 e. The van der Waals surface area contributed by atoms with E-state index in [1.54, 1.807) is 54.6 Å². The Balaban J connectivity index is 1.45. The molecule has 10 heteroatoms. The van der Waals surface area contributed by atoms with Gasteiger partial charge in [0.1, 0.15) is 17.5 Å². The van der Waals surface area contributed by atoms with Crippen molar-refractivity contribution < 1.29 is 4.39 Å². The minimum atomic E-state index is -2.33. The van der Waals surface area contributed by atoms with Gasteiger partial charge >= 0.3 is 0 Å². The van der Waals surface area contributed by atoms with E-state index in [0.717, 1.165) is 34.1 Å². The summed E-state index contributed by atoms with van der Waals surface area (Å²) >= 11 is 0. The molecule has 0 spiro atoms. The fraction of sp³-hybridized carbons (Fsp3) is 0.108. The number of alkyl halides is 1. The lowest BCUT2D eigenvalue weighted by atomic mass is 9.91. The highest BCUT2D eigenvalue weighted by molar-refractivity contribution is 5.75. The van der Waals surface area contributed by atoms with Crippen LogP contribution in [0, 0.1) is 0 Å². The van der Waals surface area contributed by atoms with Crippen LogP contribution in [0.3, 0.4) is 0 Å². The molecule has 0 saturated heterocycles. The fourth-order valence-corrected chi connectivity index (χ4v) is 5.33. The van der Waals surface area contributed by atoms with Crippen LogP contribution in [-0.4, -0.2) is 36.1 Å². The zero-order valence-corrected chi connectivity index (χ0v) is 26.3. The molecule has 6 aromatic rings. The molecule has 0 fully saturated rings. The van der Waals surface area contributed by atoms with Crippen LogP contribution in [0.4, 0.5) is 56.0 Å². The van der Waals surface area contributed by atoms with Crippen LogP contribution < -0.4 is 31.9 Å². The van der Waals surface area contributed by atoms with Gasteiger partial charge in [-0.05, 0) is 72.8 Å². The van der Waals surface area contributed by atoms with Crippen molar-refractivity contribution in [3.63, 3.8) is 0 Å². The first kappa shape index (κ1) is 30.8. The second kappa shape index (κ2) is 13.9. The van der Waals surface area contributed by atoms with Crippen molar-refractivity contribution >= 4 is 51.6 Å². The molecular weight excluding hydrogens is 589 g/mol. The Labute approximate surface area is 273 Å². The Morgan fingerprint density at radius 1 is 0.383 bits per heavy atom. The number of pyridine rings is 3. The van der Waals surface area contributed by atoms with Gasteiger partial charge in [-0.15, -0.1) is 0 Å². The lowest BCUT2D eigenvalue weighted by molar-refractivity contribution is 0.259. The van der Waals surface area contributed by atoms with E-state index in [4.69, 9.17) is 15.0 Å². The smallest absolute Gasteiger partial charge is 0.236 e. The summed E-state index contributed by atoms with van der Waals surface area (Å²) in [6.07, 6.45) is 0. The normalized spacial score (nSPS) is 11.0. The van der Waals surface area contributed by atoms with Gasteiger partial charge in [0.15, 0.2) is 0 Å². The van der Waals surface area contributed by atoms with Gasteiger partial charge in [-0.3, -0.25) is 0 Å². The first-order chi connectivity index (χ1) is 23.0. The molecule has 0 radical (unpaired) electrons. The second-order valence-electron chi connectivity index (χ2n) is 10.6. The monoisotopic (exact) mass is 625 g/mol. The average molecular weight is 626 g/mol. The van der Waals surface area contributed by atoms with E-state index in [1.165, 1.54) is 0 Å². The Bertz CT molecular complexity index is 1760. The third-order valence-electron chi connectivity index (χ3n) is 7.68. The number of aromatic nitrogens is 3.